The molecule has 0 spiro atoms. The molecule has 1 amide bonds. The minimum atomic E-state index is 0.0113. The number of nitrogens with one attached hydrogen (secondary N) is 1. The van der Waals surface area contributed by atoms with Crippen LogP contribution in [0.1, 0.15) is 75.1 Å². The van der Waals surface area contributed by atoms with E-state index < -0.39 is 0 Å². The van der Waals surface area contributed by atoms with Gasteiger partial charge in [0.15, 0.2) is 0 Å². The molecule has 0 aromatic heterocycles. The lowest BCUT2D eigenvalue weighted by atomic mass is 10.1. The molecule has 0 bridgehead atoms. The molecule has 0 aliphatic heterocycles. The zero-order valence-corrected chi connectivity index (χ0v) is 16.9. The van der Waals surface area contributed by atoms with Crippen molar-refractivity contribution >= 4 is 32.6 Å². The van der Waals surface area contributed by atoms with Crippen molar-refractivity contribution in [2.75, 3.05) is 6.54 Å². The fourth-order valence-corrected chi connectivity index (χ4v) is 3.82. The monoisotopic (exact) mass is 403 g/mol. The van der Waals surface area contributed by atoms with Gasteiger partial charge in [0.2, 0.25) is 0 Å². The molecule has 0 unspecified atom stereocenters. The van der Waals surface area contributed by atoms with E-state index in [1.807, 2.05) is 30.3 Å². The van der Waals surface area contributed by atoms with E-state index in [1.165, 1.54) is 51.4 Å². The van der Waals surface area contributed by atoms with Gasteiger partial charge in [-0.1, -0.05) is 88.6 Å². The van der Waals surface area contributed by atoms with E-state index in [2.05, 4.69) is 34.2 Å². The summed E-state index contributed by atoms with van der Waals surface area (Å²) in [6.07, 6.45) is 11.7. The number of halogens is 1. The summed E-state index contributed by atoms with van der Waals surface area (Å²) in [5, 5.41) is 5.28. The highest BCUT2D eigenvalue weighted by Crippen LogP contribution is 2.27. The quantitative estimate of drug-likeness (QED) is 0.407. The fourth-order valence-electron chi connectivity index (χ4n) is 3.14. The van der Waals surface area contributed by atoms with Gasteiger partial charge in [-0.05, 0) is 39.2 Å². The average Bonchev–Trinajstić information content (AvgIpc) is 2.63. The van der Waals surface area contributed by atoms with Gasteiger partial charge in [0.25, 0.3) is 5.91 Å². The molecule has 2 aromatic rings. The van der Waals surface area contributed by atoms with Crippen LogP contribution in [0.4, 0.5) is 0 Å². The Hall–Kier alpha value is -1.35. The van der Waals surface area contributed by atoms with Crippen LogP contribution in [0.2, 0.25) is 0 Å². The Labute approximate surface area is 160 Å². The van der Waals surface area contributed by atoms with Crippen molar-refractivity contribution in [3.05, 3.63) is 46.4 Å². The standard InChI is InChI=1S/C22H30BrNO/c1-2-3-4-5-6-7-8-9-12-17-24-22(25)20-16-15-18-13-10-11-14-19(18)21(20)23/h10-11,13-16H,2-9,12,17H2,1H3,(H,24,25). The number of benzene rings is 2. The van der Waals surface area contributed by atoms with Crippen molar-refractivity contribution < 1.29 is 4.79 Å². The van der Waals surface area contributed by atoms with Gasteiger partial charge in [-0.25, -0.2) is 0 Å². The van der Waals surface area contributed by atoms with E-state index in [4.69, 9.17) is 0 Å². The van der Waals surface area contributed by atoms with Crippen LogP contribution >= 0.6 is 15.9 Å². The molecule has 136 valence electrons. The van der Waals surface area contributed by atoms with Crippen molar-refractivity contribution in [2.45, 2.75) is 64.7 Å². The van der Waals surface area contributed by atoms with Crippen LogP contribution in [0.3, 0.4) is 0 Å². The highest BCUT2D eigenvalue weighted by atomic mass is 79.9. The molecule has 2 aromatic carbocycles. The summed E-state index contributed by atoms with van der Waals surface area (Å²) < 4.78 is 0.884. The van der Waals surface area contributed by atoms with E-state index in [0.717, 1.165) is 33.8 Å². The van der Waals surface area contributed by atoms with Crippen LogP contribution in [0, 0.1) is 0 Å². The lowest BCUT2D eigenvalue weighted by Gasteiger charge is -2.09. The van der Waals surface area contributed by atoms with Gasteiger partial charge in [-0.15, -0.1) is 0 Å². The van der Waals surface area contributed by atoms with Crippen LogP contribution in [-0.4, -0.2) is 12.5 Å². The molecule has 0 aliphatic carbocycles. The van der Waals surface area contributed by atoms with E-state index in [1.54, 1.807) is 0 Å². The number of hydrogen-bond donors (Lipinski definition) is 1. The summed E-state index contributed by atoms with van der Waals surface area (Å²) in [6.45, 7) is 3.01. The van der Waals surface area contributed by atoms with E-state index in [9.17, 15) is 4.79 Å². The zero-order chi connectivity index (χ0) is 17.9. The first-order valence-corrected chi connectivity index (χ1v) is 10.5. The van der Waals surface area contributed by atoms with Gasteiger partial charge in [0.05, 0.1) is 5.56 Å². The number of carbonyl (C=O) groups excluding carboxylic acids is 1. The lowest BCUT2D eigenvalue weighted by molar-refractivity contribution is 0.0952. The second-order valence-electron chi connectivity index (χ2n) is 6.73. The first kappa shape index (κ1) is 20.0. The molecule has 0 saturated carbocycles. The molecule has 0 atom stereocenters. The first-order chi connectivity index (χ1) is 12.2. The van der Waals surface area contributed by atoms with Crippen molar-refractivity contribution in [1.29, 1.82) is 0 Å². The molecular weight excluding hydrogens is 374 g/mol. The molecule has 2 nitrogen and oxygen atoms in total. The second-order valence-corrected chi connectivity index (χ2v) is 7.53. The third-order valence-electron chi connectivity index (χ3n) is 4.67. The average molecular weight is 404 g/mol. The molecule has 0 aliphatic rings. The maximum Gasteiger partial charge on any atom is 0.252 e. The Balaban J connectivity index is 1.67. The summed E-state index contributed by atoms with van der Waals surface area (Å²) in [6, 6.07) is 12.0. The van der Waals surface area contributed by atoms with E-state index in [0.29, 0.717) is 0 Å². The smallest absolute Gasteiger partial charge is 0.252 e. The molecule has 25 heavy (non-hydrogen) atoms. The van der Waals surface area contributed by atoms with Crippen LogP contribution in [0.25, 0.3) is 10.8 Å². The molecular formula is C22H30BrNO. The highest BCUT2D eigenvalue weighted by molar-refractivity contribution is 9.10. The molecule has 0 saturated heterocycles. The van der Waals surface area contributed by atoms with Crippen molar-refractivity contribution in [3.63, 3.8) is 0 Å². The van der Waals surface area contributed by atoms with Crippen molar-refractivity contribution in [2.24, 2.45) is 0 Å². The van der Waals surface area contributed by atoms with Crippen molar-refractivity contribution in [3.8, 4) is 0 Å². The molecule has 2 rings (SSSR count). The minimum Gasteiger partial charge on any atom is -0.352 e. The summed E-state index contributed by atoms with van der Waals surface area (Å²) >= 11 is 3.59. The van der Waals surface area contributed by atoms with Crippen LogP contribution in [0.15, 0.2) is 40.9 Å². The summed E-state index contributed by atoms with van der Waals surface area (Å²) in [5.41, 5.74) is 0.717. The van der Waals surface area contributed by atoms with Gasteiger partial charge >= 0.3 is 0 Å². The third-order valence-corrected chi connectivity index (χ3v) is 5.53. The Morgan fingerprint density at radius 2 is 1.52 bits per heavy atom. The second kappa shape index (κ2) is 11.3. The molecule has 0 heterocycles. The SMILES string of the molecule is CCCCCCCCCCCNC(=O)c1ccc2ccccc2c1Br. The van der Waals surface area contributed by atoms with Crippen LogP contribution < -0.4 is 5.32 Å². The third kappa shape index (κ3) is 6.47. The highest BCUT2D eigenvalue weighted by Gasteiger charge is 2.11. The zero-order valence-electron chi connectivity index (χ0n) is 15.3. The van der Waals surface area contributed by atoms with Crippen molar-refractivity contribution in [1.82, 2.24) is 5.32 Å². The first-order valence-electron chi connectivity index (χ1n) is 9.69. The number of unbranched alkanes of at least 4 members (excludes halogenated alkanes) is 8. The maximum atomic E-state index is 12.4. The maximum absolute atomic E-state index is 12.4. The minimum absolute atomic E-state index is 0.0113. The topological polar surface area (TPSA) is 29.1 Å². The van der Waals surface area contributed by atoms with Gasteiger partial charge in [-0.3, -0.25) is 4.79 Å². The summed E-state index contributed by atoms with van der Waals surface area (Å²) in [4.78, 5) is 12.4. The van der Waals surface area contributed by atoms with Gasteiger partial charge < -0.3 is 5.32 Å². The number of amides is 1. The van der Waals surface area contributed by atoms with E-state index in [-0.39, 0.29) is 5.91 Å². The Morgan fingerprint density at radius 1 is 0.880 bits per heavy atom. The normalized spacial score (nSPS) is 11.0. The predicted molar refractivity (Wildman–Crippen MR) is 111 cm³/mol. The Bertz CT molecular complexity index is 668. The Kier molecular flexibility index (Phi) is 9.03. The number of fused-ring (bicyclic) bond motifs is 1. The number of carbonyl (C=O) groups is 1. The van der Waals surface area contributed by atoms with Gasteiger partial charge in [0, 0.05) is 11.0 Å². The predicted octanol–water partition coefficient (Wildman–Crippen LogP) is 6.86. The van der Waals surface area contributed by atoms with E-state index >= 15 is 0 Å². The molecule has 0 fully saturated rings. The fraction of sp³-hybridized carbons (Fsp3) is 0.500. The summed E-state index contributed by atoms with van der Waals surface area (Å²) in [5.74, 6) is 0.0113. The van der Waals surface area contributed by atoms with Crippen LogP contribution in [-0.2, 0) is 0 Å². The Morgan fingerprint density at radius 3 is 2.24 bits per heavy atom. The number of hydrogen-bond acceptors (Lipinski definition) is 1. The number of rotatable bonds is 11. The van der Waals surface area contributed by atoms with Gasteiger partial charge in [-0.2, -0.15) is 0 Å². The largest absolute Gasteiger partial charge is 0.352 e. The lowest BCUT2D eigenvalue weighted by Crippen LogP contribution is -2.24. The molecule has 3 heteroatoms. The van der Waals surface area contributed by atoms with Gasteiger partial charge in [0.1, 0.15) is 0 Å². The molecule has 0 radical (unpaired) electrons. The summed E-state index contributed by atoms with van der Waals surface area (Å²) in [7, 11) is 0. The van der Waals surface area contributed by atoms with Crippen LogP contribution in [0.5, 0.6) is 0 Å². The molecule has 1 N–H and O–H groups in total.